The lowest BCUT2D eigenvalue weighted by molar-refractivity contribution is 0.589. The molecule has 1 saturated carbocycles. The maximum Gasteiger partial charge on any atom is 0.277 e. The maximum atomic E-state index is 13.4. The second-order valence-corrected chi connectivity index (χ2v) is 7.59. The largest absolute Gasteiger partial charge is 0.277 e. The Morgan fingerprint density at radius 3 is 2.67 bits per heavy atom. The van der Waals surface area contributed by atoms with E-state index in [9.17, 15) is 4.79 Å². The van der Waals surface area contributed by atoms with Gasteiger partial charge in [-0.1, -0.05) is 24.3 Å². The zero-order chi connectivity index (χ0) is 20.1. The molecule has 0 bridgehead atoms. The summed E-state index contributed by atoms with van der Waals surface area (Å²) >= 11 is 0. The molecule has 6 heteroatoms. The summed E-state index contributed by atoms with van der Waals surface area (Å²) in [5.41, 5.74) is 4.27. The smallest absolute Gasteiger partial charge is 0.267 e. The third-order valence-electron chi connectivity index (χ3n) is 5.77. The first kappa shape index (κ1) is 17.0. The first-order chi connectivity index (χ1) is 14.8. The summed E-state index contributed by atoms with van der Waals surface area (Å²) in [5.74, 6) is 0.193. The monoisotopic (exact) mass is 391 g/mol. The molecule has 0 radical (unpaired) electrons. The van der Waals surface area contributed by atoms with Gasteiger partial charge < -0.3 is 0 Å². The van der Waals surface area contributed by atoms with Crippen molar-refractivity contribution in [2.45, 2.75) is 18.4 Å². The molecule has 4 heterocycles. The topological polar surface area (TPSA) is 73.6 Å². The third kappa shape index (κ3) is 2.69. The average Bonchev–Trinajstić information content (AvgIpc) is 3.60. The van der Waals surface area contributed by atoms with Gasteiger partial charge in [-0.25, -0.2) is 4.68 Å². The fourth-order valence-electron chi connectivity index (χ4n) is 4.15. The van der Waals surface area contributed by atoms with Crippen molar-refractivity contribution in [3.63, 3.8) is 0 Å². The molecule has 6 nitrogen and oxygen atoms in total. The van der Waals surface area contributed by atoms with Gasteiger partial charge in [0.15, 0.2) is 0 Å². The van der Waals surface area contributed by atoms with Gasteiger partial charge in [-0.05, 0) is 47.9 Å². The lowest BCUT2D eigenvalue weighted by Crippen LogP contribution is -2.23. The average molecular weight is 391 g/mol. The van der Waals surface area contributed by atoms with Crippen molar-refractivity contribution in [3.05, 3.63) is 95.4 Å². The minimum atomic E-state index is -0.110. The van der Waals surface area contributed by atoms with Crippen LogP contribution in [0, 0.1) is 0 Å². The van der Waals surface area contributed by atoms with Crippen LogP contribution in [0.2, 0.25) is 0 Å². The highest BCUT2D eigenvalue weighted by atomic mass is 16.1. The minimum absolute atomic E-state index is 0.0149. The zero-order valence-electron chi connectivity index (χ0n) is 16.0. The molecular formula is C24H17N5O. The molecule has 0 amide bonds. The number of rotatable bonds is 3. The van der Waals surface area contributed by atoms with Gasteiger partial charge in [0, 0.05) is 35.6 Å². The zero-order valence-corrected chi connectivity index (χ0v) is 16.0. The Kier molecular flexibility index (Phi) is 3.71. The summed E-state index contributed by atoms with van der Waals surface area (Å²) in [6, 6.07) is 17.9. The van der Waals surface area contributed by atoms with E-state index in [1.54, 1.807) is 29.5 Å². The molecule has 4 aromatic heterocycles. The van der Waals surface area contributed by atoms with E-state index < -0.39 is 0 Å². The van der Waals surface area contributed by atoms with Crippen molar-refractivity contribution in [2.75, 3.05) is 0 Å². The number of aromatic nitrogens is 5. The number of nitrogens with zero attached hydrogens (tertiary/aromatic N) is 5. The molecule has 0 aliphatic heterocycles. The molecule has 30 heavy (non-hydrogen) atoms. The molecular weight excluding hydrogens is 374 g/mol. The molecule has 1 aliphatic rings. The fourth-order valence-corrected chi connectivity index (χ4v) is 4.15. The first-order valence-corrected chi connectivity index (χ1v) is 9.92. The Bertz CT molecular complexity index is 1460. The number of hydrogen-bond donors (Lipinski definition) is 0. The molecule has 0 spiro atoms. The van der Waals surface area contributed by atoms with E-state index in [0.717, 1.165) is 34.1 Å². The molecule has 1 fully saturated rings. The first-order valence-electron chi connectivity index (χ1n) is 9.92. The van der Waals surface area contributed by atoms with E-state index in [-0.39, 0.29) is 17.5 Å². The summed E-state index contributed by atoms with van der Waals surface area (Å²) in [7, 11) is 0. The molecule has 1 unspecified atom stereocenters. The Morgan fingerprint density at radius 2 is 1.77 bits per heavy atom. The SMILES string of the molecule is O=c1c2c(-c3ccncc3)ccnc2cnn1[C@@H]1CC1c1ccc2ccccc2n1. The summed E-state index contributed by atoms with van der Waals surface area (Å²) in [6.07, 6.45) is 7.70. The fraction of sp³-hybridized carbons (Fsp3) is 0.125. The second-order valence-electron chi connectivity index (χ2n) is 7.59. The van der Waals surface area contributed by atoms with E-state index >= 15 is 0 Å². The highest BCUT2D eigenvalue weighted by Crippen LogP contribution is 2.50. The van der Waals surface area contributed by atoms with Crippen molar-refractivity contribution >= 4 is 21.8 Å². The Labute approximate surface area is 171 Å². The highest BCUT2D eigenvalue weighted by molar-refractivity contribution is 5.93. The van der Waals surface area contributed by atoms with Gasteiger partial charge >= 0.3 is 0 Å². The Morgan fingerprint density at radius 1 is 0.900 bits per heavy atom. The van der Waals surface area contributed by atoms with Crippen LogP contribution < -0.4 is 5.56 Å². The standard InChI is InChI=1S/C24H17N5O/c30-24-23-17(15-7-10-25-11-8-15)9-12-26-21(23)14-27-29(24)22-13-18(22)20-6-5-16-3-1-2-4-19(16)28-20/h1-12,14,18,22H,13H2/t18?,22-/m1/s1. The quantitative estimate of drug-likeness (QED) is 0.462. The van der Waals surface area contributed by atoms with Crippen LogP contribution in [0.5, 0.6) is 0 Å². The van der Waals surface area contributed by atoms with Crippen LogP contribution in [0.4, 0.5) is 0 Å². The van der Waals surface area contributed by atoms with Crippen LogP contribution in [0.15, 0.2) is 84.2 Å². The van der Waals surface area contributed by atoms with Crippen LogP contribution in [0.3, 0.4) is 0 Å². The van der Waals surface area contributed by atoms with Crippen molar-refractivity contribution < 1.29 is 0 Å². The molecule has 144 valence electrons. The Balaban J connectivity index is 1.43. The number of pyridine rings is 3. The van der Waals surface area contributed by atoms with Gasteiger partial charge in [0.25, 0.3) is 5.56 Å². The normalized spacial score (nSPS) is 18.0. The van der Waals surface area contributed by atoms with Gasteiger partial charge in [0.1, 0.15) is 0 Å². The van der Waals surface area contributed by atoms with E-state index in [4.69, 9.17) is 4.98 Å². The number of hydrogen-bond acceptors (Lipinski definition) is 5. The van der Waals surface area contributed by atoms with Crippen LogP contribution in [0.25, 0.3) is 32.9 Å². The summed E-state index contributed by atoms with van der Waals surface area (Å²) in [5, 5.41) is 6.15. The maximum absolute atomic E-state index is 13.4. The van der Waals surface area contributed by atoms with Crippen molar-refractivity contribution in [1.82, 2.24) is 24.7 Å². The van der Waals surface area contributed by atoms with Crippen molar-refractivity contribution in [2.24, 2.45) is 0 Å². The van der Waals surface area contributed by atoms with Crippen LogP contribution in [-0.4, -0.2) is 24.7 Å². The van der Waals surface area contributed by atoms with Gasteiger partial charge in [-0.15, -0.1) is 0 Å². The highest BCUT2D eigenvalue weighted by Gasteiger charge is 2.43. The van der Waals surface area contributed by atoms with Gasteiger partial charge in [0.05, 0.1) is 28.7 Å². The molecule has 0 N–H and O–H groups in total. The van der Waals surface area contributed by atoms with Crippen molar-refractivity contribution in [1.29, 1.82) is 0 Å². The summed E-state index contributed by atoms with van der Waals surface area (Å²) < 4.78 is 1.61. The second kappa shape index (κ2) is 6.56. The van der Waals surface area contributed by atoms with Crippen molar-refractivity contribution in [3.8, 4) is 11.1 Å². The molecule has 2 atom stereocenters. The van der Waals surface area contributed by atoms with E-state index in [2.05, 4.69) is 33.3 Å². The predicted molar refractivity (Wildman–Crippen MR) is 115 cm³/mol. The molecule has 6 rings (SSSR count). The third-order valence-corrected chi connectivity index (χ3v) is 5.77. The molecule has 1 aliphatic carbocycles. The van der Waals surface area contributed by atoms with Crippen LogP contribution in [0.1, 0.15) is 24.1 Å². The molecule has 0 saturated heterocycles. The van der Waals surface area contributed by atoms with Crippen LogP contribution in [-0.2, 0) is 0 Å². The van der Waals surface area contributed by atoms with E-state index in [0.29, 0.717) is 10.9 Å². The molecule has 5 aromatic rings. The van der Waals surface area contributed by atoms with Gasteiger partial charge in [-0.2, -0.15) is 5.10 Å². The lowest BCUT2D eigenvalue weighted by Gasteiger charge is -2.09. The van der Waals surface area contributed by atoms with Gasteiger partial charge in [-0.3, -0.25) is 19.7 Å². The number of para-hydroxylation sites is 1. The lowest BCUT2D eigenvalue weighted by atomic mass is 10.0. The predicted octanol–water partition coefficient (Wildman–Crippen LogP) is 4.13. The summed E-state index contributed by atoms with van der Waals surface area (Å²) in [6.45, 7) is 0. The van der Waals surface area contributed by atoms with Gasteiger partial charge in [0.2, 0.25) is 0 Å². The minimum Gasteiger partial charge on any atom is -0.267 e. The van der Waals surface area contributed by atoms with Crippen LogP contribution >= 0.6 is 0 Å². The Hall–Kier alpha value is -3.93. The van der Waals surface area contributed by atoms with E-state index in [1.807, 2.05) is 36.4 Å². The number of benzene rings is 1. The number of fused-ring (bicyclic) bond motifs is 2. The van der Waals surface area contributed by atoms with E-state index in [1.165, 1.54) is 0 Å². The molecule has 1 aromatic carbocycles. The summed E-state index contributed by atoms with van der Waals surface area (Å²) in [4.78, 5) is 26.7.